The molecular weight excluding hydrogens is 394 g/mol. The van der Waals surface area contributed by atoms with E-state index in [1.165, 1.54) is 12.5 Å². The van der Waals surface area contributed by atoms with Crippen LogP contribution in [0.25, 0.3) is 0 Å². The summed E-state index contributed by atoms with van der Waals surface area (Å²) in [5.41, 5.74) is 0.522. The van der Waals surface area contributed by atoms with Gasteiger partial charge in [0.25, 0.3) is 0 Å². The van der Waals surface area contributed by atoms with Gasteiger partial charge in [-0.15, -0.1) is 0 Å². The molecule has 1 aromatic carbocycles. The number of benzene rings is 1. The molecule has 1 aromatic rings. The predicted molar refractivity (Wildman–Crippen MR) is 112 cm³/mol. The maximum Gasteiger partial charge on any atom is 0.387 e. The van der Waals surface area contributed by atoms with Gasteiger partial charge >= 0.3 is 6.61 Å². The van der Waals surface area contributed by atoms with Crippen molar-refractivity contribution in [2.45, 2.75) is 64.6 Å². The number of carbonyl (C=O) groups is 1. The van der Waals surface area contributed by atoms with Gasteiger partial charge in [0.05, 0.1) is 13.2 Å². The third-order valence-electron chi connectivity index (χ3n) is 4.78. The molecule has 7 nitrogen and oxygen atoms in total. The SMILES string of the molecule is CCCOc1ccc(CNC(=NC)NCC(=O)NC2CCCCC2)c(OC(F)F)c1. The Bertz CT molecular complexity index is 695. The second-order valence-electron chi connectivity index (χ2n) is 7.18. The number of amides is 1. The highest BCUT2D eigenvalue weighted by Crippen LogP contribution is 2.26. The second kappa shape index (κ2) is 12.9. The minimum Gasteiger partial charge on any atom is -0.493 e. The van der Waals surface area contributed by atoms with E-state index in [9.17, 15) is 13.6 Å². The molecule has 3 N–H and O–H groups in total. The van der Waals surface area contributed by atoms with Crippen LogP contribution in [0.5, 0.6) is 11.5 Å². The lowest BCUT2D eigenvalue weighted by Gasteiger charge is -2.23. The van der Waals surface area contributed by atoms with Crippen LogP contribution in [0.2, 0.25) is 0 Å². The highest BCUT2D eigenvalue weighted by molar-refractivity contribution is 5.86. The maximum absolute atomic E-state index is 12.8. The molecule has 1 aliphatic rings. The van der Waals surface area contributed by atoms with Gasteiger partial charge in [-0.1, -0.05) is 26.2 Å². The van der Waals surface area contributed by atoms with Crippen LogP contribution < -0.4 is 25.4 Å². The van der Waals surface area contributed by atoms with Crippen LogP contribution in [0.4, 0.5) is 8.78 Å². The summed E-state index contributed by atoms with van der Waals surface area (Å²) in [7, 11) is 1.58. The zero-order valence-electron chi connectivity index (χ0n) is 17.7. The van der Waals surface area contributed by atoms with Crippen molar-refractivity contribution in [1.29, 1.82) is 0 Å². The van der Waals surface area contributed by atoms with E-state index in [-0.39, 0.29) is 30.8 Å². The summed E-state index contributed by atoms with van der Waals surface area (Å²) in [6.07, 6.45) is 6.36. The van der Waals surface area contributed by atoms with Crippen molar-refractivity contribution in [3.8, 4) is 11.5 Å². The minimum atomic E-state index is -2.94. The average molecular weight is 427 g/mol. The number of alkyl halides is 2. The molecule has 1 aliphatic carbocycles. The van der Waals surface area contributed by atoms with E-state index < -0.39 is 6.61 Å². The van der Waals surface area contributed by atoms with Gasteiger partial charge in [0.2, 0.25) is 5.91 Å². The van der Waals surface area contributed by atoms with Gasteiger partial charge in [-0.3, -0.25) is 9.79 Å². The summed E-state index contributed by atoms with van der Waals surface area (Å²) < 4.78 is 35.7. The van der Waals surface area contributed by atoms with Crippen LogP contribution in [0.1, 0.15) is 51.0 Å². The standard InChI is InChI=1S/C21H32F2N4O3/c1-3-11-29-17-10-9-15(18(12-17)30-20(22)23)13-25-21(24-2)26-14-19(28)27-16-7-5-4-6-8-16/h9-10,12,16,20H,3-8,11,13-14H2,1-2H3,(H,27,28)(H2,24,25,26). The molecule has 1 amide bonds. The van der Waals surface area contributed by atoms with Crippen molar-refractivity contribution in [3.63, 3.8) is 0 Å². The minimum absolute atomic E-state index is 0.0385. The molecule has 0 aliphatic heterocycles. The zero-order valence-corrected chi connectivity index (χ0v) is 17.7. The zero-order chi connectivity index (χ0) is 21.8. The summed E-state index contributed by atoms with van der Waals surface area (Å²) in [5.74, 6) is 0.807. The molecule has 0 aromatic heterocycles. The van der Waals surface area contributed by atoms with Crippen molar-refractivity contribution < 1.29 is 23.0 Å². The van der Waals surface area contributed by atoms with E-state index in [2.05, 4.69) is 25.7 Å². The van der Waals surface area contributed by atoms with E-state index in [1.807, 2.05) is 6.92 Å². The molecule has 0 unspecified atom stereocenters. The number of hydrogen-bond acceptors (Lipinski definition) is 4. The number of aliphatic imine (C=N–C) groups is 1. The topological polar surface area (TPSA) is 84.0 Å². The second-order valence-corrected chi connectivity index (χ2v) is 7.18. The first-order valence-electron chi connectivity index (χ1n) is 10.5. The summed E-state index contributed by atoms with van der Waals surface area (Å²) in [5, 5.41) is 8.98. The molecule has 0 atom stereocenters. The van der Waals surface area contributed by atoms with Gasteiger partial charge in [0.15, 0.2) is 5.96 Å². The summed E-state index contributed by atoms with van der Waals surface area (Å²) in [6, 6.07) is 5.06. The largest absolute Gasteiger partial charge is 0.493 e. The fourth-order valence-corrected chi connectivity index (χ4v) is 3.29. The number of rotatable bonds is 10. The lowest BCUT2D eigenvalue weighted by Crippen LogP contribution is -2.45. The first-order chi connectivity index (χ1) is 14.5. The van der Waals surface area contributed by atoms with Crippen LogP contribution in [0, 0.1) is 0 Å². The molecule has 0 saturated heterocycles. The Kier molecular flexibility index (Phi) is 10.2. The highest BCUT2D eigenvalue weighted by atomic mass is 19.3. The fraction of sp³-hybridized carbons (Fsp3) is 0.619. The van der Waals surface area contributed by atoms with Crippen molar-refractivity contribution in [1.82, 2.24) is 16.0 Å². The smallest absolute Gasteiger partial charge is 0.387 e. The van der Waals surface area contributed by atoms with Crippen molar-refractivity contribution in [2.75, 3.05) is 20.2 Å². The Morgan fingerprint density at radius 3 is 2.67 bits per heavy atom. The molecule has 168 valence electrons. The number of nitrogens with zero attached hydrogens (tertiary/aromatic N) is 1. The molecule has 0 spiro atoms. The Labute approximate surface area is 176 Å². The van der Waals surface area contributed by atoms with Gasteiger partial charge in [-0.25, -0.2) is 0 Å². The molecule has 0 radical (unpaired) electrons. The van der Waals surface area contributed by atoms with Gasteiger partial charge in [0, 0.05) is 31.3 Å². The molecular formula is C21H32F2N4O3. The quantitative estimate of drug-likeness (QED) is 0.395. The number of guanidine groups is 1. The normalized spacial score (nSPS) is 15.0. The number of carbonyl (C=O) groups excluding carboxylic acids is 1. The van der Waals surface area contributed by atoms with E-state index in [1.54, 1.807) is 19.2 Å². The molecule has 30 heavy (non-hydrogen) atoms. The van der Waals surface area contributed by atoms with Gasteiger partial charge in [-0.2, -0.15) is 8.78 Å². The number of ether oxygens (including phenoxy) is 2. The van der Waals surface area contributed by atoms with E-state index in [4.69, 9.17) is 4.74 Å². The molecule has 1 saturated carbocycles. The van der Waals surface area contributed by atoms with E-state index in [0.29, 0.717) is 23.9 Å². The Hall–Kier alpha value is -2.58. The predicted octanol–water partition coefficient (Wildman–Crippen LogP) is 3.19. The lowest BCUT2D eigenvalue weighted by molar-refractivity contribution is -0.120. The molecule has 9 heteroatoms. The number of hydrogen-bond donors (Lipinski definition) is 3. The van der Waals surface area contributed by atoms with E-state index >= 15 is 0 Å². The monoisotopic (exact) mass is 426 g/mol. The van der Waals surface area contributed by atoms with Gasteiger partial charge < -0.3 is 25.4 Å². The Balaban J connectivity index is 1.87. The Morgan fingerprint density at radius 1 is 1.23 bits per heavy atom. The molecule has 0 bridgehead atoms. The van der Waals surface area contributed by atoms with E-state index in [0.717, 1.165) is 32.1 Å². The first kappa shape index (κ1) is 23.7. The summed E-state index contributed by atoms with van der Waals surface area (Å²) in [4.78, 5) is 16.2. The Morgan fingerprint density at radius 2 is 2.00 bits per heavy atom. The highest BCUT2D eigenvalue weighted by Gasteiger charge is 2.16. The maximum atomic E-state index is 12.8. The van der Waals surface area contributed by atoms with Crippen molar-refractivity contribution in [3.05, 3.63) is 23.8 Å². The van der Waals surface area contributed by atoms with Crippen LogP contribution >= 0.6 is 0 Å². The number of nitrogens with one attached hydrogen (secondary N) is 3. The van der Waals surface area contributed by atoms with Gasteiger partial charge in [-0.05, 0) is 31.4 Å². The lowest BCUT2D eigenvalue weighted by atomic mass is 9.95. The van der Waals surface area contributed by atoms with Crippen LogP contribution in [-0.2, 0) is 11.3 Å². The molecule has 1 fully saturated rings. The summed E-state index contributed by atoms with van der Waals surface area (Å²) in [6.45, 7) is -0.208. The third kappa shape index (κ3) is 8.42. The number of halogens is 2. The van der Waals surface area contributed by atoms with Crippen LogP contribution in [0.3, 0.4) is 0 Å². The van der Waals surface area contributed by atoms with Crippen molar-refractivity contribution in [2.24, 2.45) is 4.99 Å². The average Bonchev–Trinajstić information content (AvgIpc) is 2.73. The fourth-order valence-electron chi connectivity index (χ4n) is 3.29. The molecule has 0 heterocycles. The first-order valence-corrected chi connectivity index (χ1v) is 10.5. The van der Waals surface area contributed by atoms with Crippen molar-refractivity contribution >= 4 is 11.9 Å². The van der Waals surface area contributed by atoms with Crippen LogP contribution in [0.15, 0.2) is 23.2 Å². The van der Waals surface area contributed by atoms with Gasteiger partial charge in [0.1, 0.15) is 11.5 Å². The van der Waals surface area contributed by atoms with Crippen LogP contribution in [-0.4, -0.2) is 44.7 Å². The third-order valence-corrected chi connectivity index (χ3v) is 4.78. The molecule has 2 rings (SSSR count). The summed E-state index contributed by atoms with van der Waals surface area (Å²) >= 11 is 0.